The van der Waals surface area contributed by atoms with Gasteiger partial charge >= 0.3 is 17.8 Å². The molecule has 0 bridgehead atoms. The Morgan fingerprint density at radius 3 is 2.67 bits per heavy atom. The Morgan fingerprint density at radius 2 is 1.95 bits per heavy atom. The molecule has 0 saturated carbocycles. The lowest BCUT2D eigenvalue weighted by molar-refractivity contribution is -0.883. The minimum atomic E-state index is -1.49. The molecule has 220 valence electrons. The topological polar surface area (TPSA) is 185 Å². The van der Waals surface area contributed by atoms with Crippen LogP contribution in [-0.2, 0) is 28.5 Å². The number of aliphatic hydroxyl groups excluding tert-OH is 2. The van der Waals surface area contributed by atoms with Gasteiger partial charge in [0.2, 0.25) is 0 Å². The van der Waals surface area contributed by atoms with Crippen molar-refractivity contribution in [2.24, 2.45) is 0 Å². The van der Waals surface area contributed by atoms with Gasteiger partial charge in [0.1, 0.15) is 50.9 Å². The molecule has 4 rings (SSSR count). The van der Waals surface area contributed by atoms with E-state index in [1.165, 1.54) is 12.3 Å². The molecule has 0 aromatic carbocycles. The number of ether oxygens (including phenoxy) is 5. The summed E-state index contributed by atoms with van der Waals surface area (Å²) in [6, 6.07) is 0.721. The van der Waals surface area contributed by atoms with Gasteiger partial charge in [-0.15, -0.1) is 6.42 Å². The summed E-state index contributed by atoms with van der Waals surface area (Å²) < 4.78 is 28.1. The van der Waals surface area contributed by atoms with E-state index in [0.717, 1.165) is 17.7 Å². The van der Waals surface area contributed by atoms with Crippen LogP contribution in [0.15, 0.2) is 17.1 Å². The third kappa shape index (κ3) is 6.78. The molecule has 3 aliphatic heterocycles. The second kappa shape index (κ2) is 13.5. The number of quaternary nitrogens is 1. The van der Waals surface area contributed by atoms with E-state index in [9.17, 15) is 24.6 Å². The minimum absolute atomic E-state index is 0.0110. The maximum atomic E-state index is 13.3. The lowest BCUT2D eigenvalue weighted by Crippen LogP contribution is -2.65. The van der Waals surface area contributed by atoms with Crippen LogP contribution >= 0.6 is 0 Å². The van der Waals surface area contributed by atoms with Crippen molar-refractivity contribution >= 4 is 17.9 Å². The maximum absolute atomic E-state index is 13.3. The number of aromatic nitrogens is 2. The van der Waals surface area contributed by atoms with Crippen LogP contribution in [0.5, 0.6) is 0 Å². The molecule has 40 heavy (non-hydrogen) atoms. The van der Waals surface area contributed by atoms with Crippen LogP contribution in [0, 0.1) is 12.3 Å². The first kappa shape index (κ1) is 29.9. The molecule has 4 heterocycles. The Morgan fingerprint density at radius 1 is 1.18 bits per heavy atom. The van der Waals surface area contributed by atoms with Crippen molar-refractivity contribution < 1.29 is 48.0 Å². The number of hydrogen-bond donors (Lipinski definition) is 3. The normalized spacial score (nSPS) is 30.9. The predicted molar refractivity (Wildman–Crippen MR) is 136 cm³/mol. The number of terminal acetylenes is 1. The molecular formula is C25H36N5O10+. The number of rotatable bonds is 9. The predicted octanol–water partition coefficient (Wildman–Crippen LogP) is -2.30. The van der Waals surface area contributed by atoms with Crippen LogP contribution in [0.4, 0.5) is 10.6 Å². The van der Waals surface area contributed by atoms with Crippen molar-refractivity contribution in [1.29, 1.82) is 0 Å². The second-order valence-corrected chi connectivity index (χ2v) is 9.82. The fourth-order valence-corrected chi connectivity index (χ4v) is 5.00. The molecule has 6 atom stereocenters. The number of morpholine rings is 2. The summed E-state index contributed by atoms with van der Waals surface area (Å²) in [5.74, 6) is 1.87. The molecule has 1 amide bonds. The zero-order chi connectivity index (χ0) is 28.7. The van der Waals surface area contributed by atoms with Crippen LogP contribution in [0.3, 0.4) is 0 Å². The molecule has 3 aliphatic rings. The molecular weight excluding hydrogens is 530 g/mol. The van der Waals surface area contributed by atoms with Gasteiger partial charge in [0.15, 0.2) is 12.3 Å². The molecule has 0 aliphatic carbocycles. The molecule has 0 radical (unpaired) electrons. The zero-order valence-corrected chi connectivity index (χ0v) is 22.1. The van der Waals surface area contributed by atoms with Gasteiger partial charge in [-0.2, -0.15) is 9.78 Å². The fourth-order valence-electron chi connectivity index (χ4n) is 5.00. The maximum Gasteiger partial charge on any atom is 0.517 e. The fraction of sp³-hybridized carbons (Fsp3) is 0.680. The van der Waals surface area contributed by atoms with Gasteiger partial charge in [-0.05, 0) is 12.0 Å². The molecule has 1 aromatic rings. The molecule has 3 fully saturated rings. The highest BCUT2D eigenvalue weighted by Gasteiger charge is 2.48. The molecule has 15 heteroatoms. The number of nitrogen functional groups attached to an aromatic ring is 1. The number of aliphatic hydroxyl groups is 2. The zero-order valence-electron chi connectivity index (χ0n) is 22.1. The first-order valence-corrected chi connectivity index (χ1v) is 13.1. The van der Waals surface area contributed by atoms with E-state index in [1.807, 2.05) is 0 Å². The van der Waals surface area contributed by atoms with Crippen LogP contribution in [0.25, 0.3) is 0 Å². The number of nitrogens with two attached hydrogens (primary N) is 1. The molecule has 4 N–H and O–H groups in total. The molecule has 1 aromatic heterocycles. The largest absolute Gasteiger partial charge is 0.517 e. The van der Waals surface area contributed by atoms with Crippen molar-refractivity contribution in [2.45, 2.75) is 37.0 Å². The number of nitrogens with zero attached hydrogens (tertiary/aromatic N) is 4. The third-order valence-electron chi connectivity index (χ3n) is 7.38. The summed E-state index contributed by atoms with van der Waals surface area (Å²) in [5.41, 5.74) is 4.71. The van der Waals surface area contributed by atoms with E-state index in [2.05, 4.69) is 15.8 Å². The number of esters is 1. The highest BCUT2D eigenvalue weighted by Crippen LogP contribution is 2.30. The number of anilines is 1. The van der Waals surface area contributed by atoms with Crippen molar-refractivity contribution in [3.63, 3.8) is 0 Å². The smallest absolute Gasteiger partial charge is 0.460 e. The summed E-state index contributed by atoms with van der Waals surface area (Å²) in [4.78, 5) is 43.7. The van der Waals surface area contributed by atoms with Gasteiger partial charge in [0, 0.05) is 25.8 Å². The average molecular weight is 567 g/mol. The van der Waals surface area contributed by atoms with E-state index >= 15 is 0 Å². The van der Waals surface area contributed by atoms with Crippen LogP contribution in [0.1, 0.15) is 12.6 Å². The van der Waals surface area contributed by atoms with E-state index < -0.39 is 54.8 Å². The van der Waals surface area contributed by atoms with Gasteiger partial charge in [-0.1, -0.05) is 0 Å². The number of carbonyl (C=O) groups is 2. The van der Waals surface area contributed by atoms with Gasteiger partial charge in [-0.25, -0.2) is 9.28 Å². The SMILES string of the molecule is C#CC1COCC[N+]1(CCOC(=O)C[C@H]1O[C@@H](n2ccc(N)nc2=O)[C@H](O)[C@@H]1O)C(=O)OCCN1CCOCC1. The second-order valence-electron chi connectivity index (χ2n) is 9.82. The number of carbonyl (C=O) groups excluding carboxylic acids is 2. The van der Waals surface area contributed by atoms with E-state index in [-0.39, 0.29) is 49.8 Å². The Hall–Kier alpha value is -3.10. The van der Waals surface area contributed by atoms with Gasteiger partial charge in [0.05, 0.1) is 32.3 Å². The third-order valence-corrected chi connectivity index (χ3v) is 7.38. The van der Waals surface area contributed by atoms with Crippen molar-refractivity contribution in [2.75, 3.05) is 78.1 Å². The van der Waals surface area contributed by atoms with E-state index in [4.69, 9.17) is 35.8 Å². The lowest BCUT2D eigenvalue weighted by Gasteiger charge is -2.41. The molecule has 0 spiro atoms. The summed E-state index contributed by atoms with van der Waals surface area (Å²) in [6.45, 7) is 4.14. The highest BCUT2D eigenvalue weighted by molar-refractivity contribution is 5.70. The molecule has 15 nitrogen and oxygen atoms in total. The Kier molecular flexibility index (Phi) is 10.1. The molecule has 2 unspecified atom stereocenters. The summed E-state index contributed by atoms with van der Waals surface area (Å²) in [5, 5.41) is 20.8. The Labute approximate surface area is 230 Å². The minimum Gasteiger partial charge on any atom is -0.460 e. The number of hydrogen-bond acceptors (Lipinski definition) is 13. The Balaban J connectivity index is 1.31. The standard InChI is InChI=1S/C25H35N5O10/c1-2-17-16-37-13-8-30(17,25(35)39-12-7-28-5-10-36-11-6-28)9-14-38-20(31)15-18-21(32)22(33)23(40-18)29-4-3-19(26)27-24(29)34/h1,3-4,17-18,21-23,32-33H,5-16H2,(H-,26,27,34)/p+1/t17?,18-,21-,22-,23-,30?/m1/s1. The van der Waals surface area contributed by atoms with Crippen LogP contribution in [0.2, 0.25) is 0 Å². The first-order valence-electron chi connectivity index (χ1n) is 13.1. The van der Waals surface area contributed by atoms with Crippen molar-refractivity contribution in [3.05, 3.63) is 22.7 Å². The van der Waals surface area contributed by atoms with E-state index in [0.29, 0.717) is 19.8 Å². The average Bonchev–Trinajstić information content (AvgIpc) is 3.22. The van der Waals surface area contributed by atoms with Crippen molar-refractivity contribution in [3.8, 4) is 12.3 Å². The quantitative estimate of drug-likeness (QED) is 0.165. The first-order chi connectivity index (χ1) is 19.2. The lowest BCUT2D eigenvalue weighted by atomic mass is 10.1. The van der Waals surface area contributed by atoms with Crippen LogP contribution in [-0.4, -0.2) is 138 Å². The van der Waals surface area contributed by atoms with Gasteiger partial charge in [0.25, 0.3) is 0 Å². The summed E-state index contributed by atoms with van der Waals surface area (Å²) in [7, 11) is 0. The van der Waals surface area contributed by atoms with E-state index in [1.54, 1.807) is 0 Å². The highest BCUT2D eigenvalue weighted by atomic mass is 16.6. The monoisotopic (exact) mass is 566 g/mol. The Bertz CT molecular complexity index is 1140. The van der Waals surface area contributed by atoms with Crippen LogP contribution < -0.4 is 11.4 Å². The summed E-state index contributed by atoms with van der Waals surface area (Å²) in [6.07, 6.45) is 0.710. The van der Waals surface area contributed by atoms with Gasteiger partial charge < -0.3 is 39.6 Å². The van der Waals surface area contributed by atoms with Gasteiger partial charge in [-0.3, -0.25) is 14.3 Å². The number of amides is 1. The summed E-state index contributed by atoms with van der Waals surface area (Å²) >= 11 is 0. The molecule has 3 saturated heterocycles. The van der Waals surface area contributed by atoms with Crippen molar-refractivity contribution in [1.82, 2.24) is 14.5 Å².